The van der Waals surface area contributed by atoms with Gasteiger partial charge in [-0.2, -0.15) is 5.26 Å². The molecule has 0 spiro atoms. The van der Waals surface area contributed by atoms with Crippen molar-refractivity contribution in [3.05, 3.63) is 35.9 Å². The number of oxime groups is 1. The van der Waals surface area contributed by atoms with Crippen LogP contribution in [0.1, 0.15) is 5.56 Å². The van der Waals surface area contributed by atoms with Crippen molar-refractivity contribution in [3.8, 4) is 6.07 Å². The second-order valence-corrected chi connectivity index (χ2v) is 2.39. The first-order valence-electron chi connectivity index (χ1n) is 3.96. The van der Waals surface area contributed by atoms with E-state index in [1.807, 2.05) is 6.07 Å². The van der Waals surface area contributed by atoms with Gasteiger partial charge < -0.3 is 4.84 Å². The van der Waals surface area contributed by atoms with Crippen molar-refractivity contribution in [3.63, 3.8) is 0 Å². The number of nitrogens with zero attached hydrogens (tertiary/aromatic N) is 2. The van der Waals surface area contributed by atoms with Crippen molar-refractivity contribution in [1.82, 2.24) is 0 Å². The van der Waals surface area contributed by atoms with Gasteiger partial charge in [0.05, 0.1) is 0 Å². The normalized spacial score (nSPS) is 10.4. The molecule has 0 N–H and O–H groups in total. The zero-order valence-electron chi connectivity index (χ0n) is 7.38. The first-order valence-corrected chi connectivity index (χ1v) is 3.96. The topological polar surface area (TPSA) is 62.4 Å². The average molecular weight is 188 g/mol. The Labute approximate surface area is 81.4 Å². The van der Waals surface area contributed by atoms with Crippen LogP contribution < -0.4 is 0 Å². The molecule has 0 heterocycles. The monoisotopic (exact) mass is 188 g/mol. The molecule has 70 valence electrons. The van der Waals surface area contributed by atoms with Crippen LogP contribution in [0.3, 0.4) is 0 Å². The summed E-state index contributed by atoms with van der Waals surface area (Å²) in [6.07, 6.45) is 0.590. The molecule has 1 aromatic rings. The van der Waals surface area contributed by atoms with E-state index in [2.05, 4.69) is 9.99 Å². The number of nitriles is 1. The van der Waals surface area contributed by atoms with Crippen molar-refractivity contribution in [2.75, 3.05) is 6.61 Å². The Morgan fingerprint density at radius 2 is 2.21 bits per heavy atom. The molecule has 0 unspecified atom stereocenters. The third kappa shape index (κ3) is 2.72. The van der Waals surface area contributed by atoms with Gasteiger partial charge in [0, 0.05) is 5.56 Å². The number of carbonyl (C=O) groups excluding carboxylic acids is 1. The van der Waals surface area contributed by atoms with Crippen LogP contribution >= 0.6 is 0 Å². The van der Waals surface area contributed by atoms with Gasteiger partial charge in [-0.25, -0.2) is 0 Å². The summed E-state index contributed by atoms with van der Waals surface area (Å²) in [4.78, 5) is 15.2. The van der Waals surface area contributed by atoms with Gasteiger partial charge >= 0.3 is 0 Å². The van der Waals surface area contributed by atoms with Crippen molar-refractivity contribution in [1.29, 1.82) is 5.26 Å². The SMILES string of the molecule is N#CCO/N=C(\C=O)c1ccccc1. The molecule has 0 aliphatic rings. The lowest BCUT2D eigenvalue weighted by Crippen LogP contribution is -2.03. The molecule has 0 atom stereocenters. The van der Waals surface area contributed by atoms with Crippen molar-refractivity contribution in [2.45, 2.75) is 0 Å². The maximum absolute atomic E-state index is 10.6. The van der Waals surface area contributed by atoms with E-state index in [4.69, 9.17) is 5.26 Å². The molecule has 1 aromatic carbocycles. The van der Waals surface area contributed by atoms with Crippen LogP contribution in [0.15, 0.2) is 35.5 Å². The lowest BCUT2D eigenvalue weighted by molar-refractivity contribution is -0.102. The largest absolute Gasteiger partial charge is 0.380 e. The second-order valence-electron chi connectivity index (χ2n) is 2.39. The molecule has 14 heavy (non-hydrogen) atoms. The maximum Gasteiger partial charge on any atom is 0.202 e. The standard InChI is InChI=1S/C10H8N2O2/c11-6-7-14-12-10(8-13)9-4-2-1-3-5-9/h1-5,8H,7H2/b12-10+. The van der Waals surface area contributed by atoms with Crippen molar-refractivity contribution >= 4 is 12.0 Å². The van der Waals surface area contributed by atoms with E-state index in [1.54, 1.807) is 30.3 Å². The molecule has 0 aliphatic heterocycles. The van der Waals surface area contributed by atoms with E-state index in [0.29, 0.717) is 11.8 Å². The van der Waals surface area contributed by atoms with E-state index in [-0.39, 0.29) is 12.3 Å². The molecular formula is C10H8N2O2. The zero-order chi connectivity index (χ0) is 10.2. The summed E-state index contributed by atoms with van der Waals surface area (Å²) in [6.45, 7) is -0.163. The highest BCUT2D eigenvalue weighted by Crippen LogP contribution is 1.99. The highest BCUT2D eigenvalue weighted by atomic mass is 16.6. The third-order valence-electron chi connectivity index (χ3n) is 1.47. The Morgan fingerprint density at radius 3 is 2.79 bits per heavy atom. The third-order valence-corrected chi connectivity index (χ3v) is 1.47. The average Bonchev–Trinajstić information content (AvgIpc) is 2.26. The van der Waals surface area contributed by atoms with Gasteiger partial charge in [-0.3, -0.25) is 4.79 Å². The van der Waals surface area contributed by atoms with Crippen LogP contribution in [0.4, 0.5) is 0 Å². The lowest BCUT2D eigenvalue weighted by Gasteiger charge is -1.97. The van der Waals surface area contributed by atoms with Crippen LogP contribution in [0.2, 0.25) is 0 Å². The fraction of sp³-hybridized carbons (Fsp3) is 0.100. The molecule has 1 rings (SSSR count). The molecule has 4 nitrogen and oxygen atoms in total. The number of hydrogen-bond donors (Lipinski definition) is 0. The smallest absolute Gasteiger partial charge is 0.202 e. The second kappa shape index (κ2) is 5.49. The fourth-order valence-electron chi connectivity index (χ4n) is 0.882. The van der Waals surface area contributed by atoms with Crippen LogP contribution in [0.25, 0.3) is 0 Å². The van der Waals surface area contributed by atoms with E-state index in [1.165, 1.54) is 0 Å². The molecule has 0 fully saturated rings. The molecule has 0 bridgehead atoms. The number of aldehydes is 1. The van der Waals surface area contributed by atoms with Crippen molar-refractivity contribution in [2.24, 2.45) is 5.16 Å². The van der Waals surface area contributed by atoms with E-state index in [0.717, 1.165) is 0 Å². The van der Waals surface area contributed by atoms with Crippen LogP contribution in [0, 0.1) is 11.3 Å². The lowest BCUT2D eigenvalue weighted by atomic mass is 10.1. The van der Waals surface area contributed by atoms with Gasteiger partial charge in [0.15, 0.2) is 6.29 Å². The summed E-state index contributed by atoms with van der Waals surface area (Å²) >= 11 is 0. The van der Waals surface area contributed by atoms with Crippen LogP contribution in [-0.2, 0) is 9.63 Å². The summed E-state index contributed by atoms with van der Waals surface area (Å²) in [5.41, 5.74) is 0.848. The molecule has 0 amide bonds. The maximum atomic E-state index is 10.6. The summed E-state index contributed by atoms with van der Waals surface area (Å²) < 4.78 is 0. The first-order chi connectivity index (χ1) is 6.88. The predicted octanol–water partition coefficient (Wildman–Crippen LogP) is 1.13. The minimum atomic E-state index is -0.163. The Bertz CT molecular complexity index is 365. The fourth-order valence-corrected chi connectivity index (χ4v) is 0.882. The first kappa shape index (κ1) is 9.93. The number of carbonyl (C=O) groups is 1. The van der Waals surface area contributed by atoms with Crippen LogP contribution in [0.5, 0.6) is 0 Å². The van der Waals surface area contributed by atoms with Crippen LogP contribution in [-0.4, -0.2) is 18.6 Å². The van der Waals surface area contributed by atoms with Gasteiger partial charge in [0.2, 0.25) is 6.61 Å². The molecule has 0 radical (unpaired) electrons. The van der Waals surface area contributed by atoms with Gasteiger partial charge in [0.25, 0.3) is 0 Å². The Hall–Kier alpha value is -2.15. The van der Waals surface area contributed by atoms with E-state index in [9.17, 15) is 4.79 Å². The quantitative estimate of drug-likeness (QED) is 0.308. The molecule has 0 saturated carbocycles. The minimum Gasteiger partial charge on any atom is -0.380 e. The van der Waals surface area contributed by atoms with Gasteiger partial charge in [0.1, 0.15) is 11.8 Å². The van der Waals surface area contributed by atoms with E-state index >= 15 is 0 Å². The summed E-state index contributed by atoms with van der Waals surface area (Å²) in [7, 11) is 0. The highest BCUT2D eigenvalue weighted by molar-refractivity contribution is 6.36. The van der Waals surface area contributed by atoms with Gasteiger partial charge in [-0.1, -0.05) is 35.5 Å². The minimum absolute atomic E-state index is 0.163. The number of benzene rings is 1. The summed E-state index contributed by atoms with van der Waals surface area (Å²) in [5, 5.41) is 11.7. The Morgan fingerprint density at radius 1 is 1.50 bits per heavy atom. The van der Waals surface area contributed by atoms with Gasteiger partial charge in [-0.15, -0.1) is 0 Å². The molecule has 0 aromatic heterocycles. The zero-order valence-corrected chi connectivity index (χ0v) is 7.38. The number of hydrogen-bond acceptors (Lipinski definition) is 4. The van der Waals surface area contributed by atoms with E-state index < -0.39 is 0 Å². The molecule has 4 heteroatoms. The predicted molar refractivity (Wildman–Crippen MR) is 50.6 cm³/mol. The summed E-state index contributed by atoms with van der Waals surface area (Å²) in [5.74, 6) is 0. The molecular weight excluding hydrogens is 180 g/mol. The van der Waals surface area contributed by atoms with Gasteiger partial charge in [-0.05, 0) is 0 Å². The number of rotatable bonds is 4. The highest BCUT2D eigenvalue weighted by Gasteiger charge is 2.00. The Kier molecular flexibility index (Phi) is 3.89. The van der Waals surface area contributed by atoms with Crippen molar-refractivity contribution < 1.29 is 9.63 Å². The summed E-state index contributed by atoms with van der Waals surface area (Å²) in [6, 6.07) is 10.6. The molecule has 0 saturated heterocycles. The molecule has 0 aliphatic carbocycles. The Balaban J connectivity index is 2.78.